The Kier molecular flexibility index (Phi) is 3.59. The molecule has 5 heteroatoms. The lowest BCUT2D eigenvalue weighted by molar-refractivity contribution is 0.0690. The van der Waals surface area contributed by atoms with Crippen LogP contribution in [0.2, 0.25) is 0 Å². The zero-order chi connectivity index (χ0) is 12.1. The third-order valence-electron chi connectivity index (χ3n) is 2.50. The summed E-state index contributed by atoms with van der Waals surface area (Å²) in [5.41, 5.74) is 0.0412. The van der Waals surface area contributed by atoms with Crippen molar-refractivity contribution in [3.05, 3.63) is 36.2 Å². The van der Waals surface area contributed by atoms with E-state index in [1.54, 1.807) is 18.4 Å². The van der Waals surface area contributed by atoms with E-state index in [2.05, 4.69) is 10.3 Å². The molecule has 17 heavy (non-hydrogen) atoms. The van der Waals surface area contributed by atoms with Gasteiger partial charge in [0.25, 0.3) is 0 Å². The monoisotopic (exact) mass is 234 g/mol. The Bertz CT molecular complexity index is 432. The van der Waals surface area contributed by atoms with Crippen molar-refractivity contribution < 1.29 is 14.6 Å². The fraction of sp³-hybridized carbons (Fsp3) is 0.333. The highest BCUT2D eigenvalue weighted by Gasteiger charge is 2.11. The fourth-order valence-electron chi connectivity index (χ4n) is 1.61. The van der Waals surface area contributed by atoms with E-state index in [-0.39, 0.29) is 11.8 Å². The Balaban J connectivity index is 1.92. The van der Waals surface area contributed by atoms with Gasteiger partial charge in [-0.3, -0.25) is 0 Å². The SMILES string of the molecule is O=C(O)c1cccc(NCC2CCC=CO2)n1. The predicted molar refractivity (Wildman–Crippen MR) is 62.9 cm³/mol. The first kappa shape index (κ1) is 11.4. The second kappa shape index (κ2) is 5.34. The minimum Gasteiger partial charge on any atom is -0.497 e. The molecule has 0 aliphatic carbocycles. The summed E-state index contributed by atoms with van der Waals surface area (Å²) in [6.45, 7) is 0.625. The molecular formula is C12H14N2O3. The molecule has 0 bridgehead atoms. The van der Waals surface area contributed by atoms with Gasteiger partial charge in [0, 0.05) is 0 Å². The number of ether oxygens (including phenoxy) is 1. The molecule has 2 heterocycles. The molecule has 2 N–H and O–H groups in total. The van der Waals surface area contributed by atoms with E-state index in [1.807, 2.05) is 6.08 Å². The van der Waals surface area contributed by atoms with Crippen molar-refractivity contribution in [2.45, 2.75) is 18.9 Å². The molecule has 0 fully saturated rings. The Labute approximate surface area is 99.1 Å². The van der Waals surface area contributed by atoms with Crippen LogP contribution in [0.3, 0.4) is 0 Å². The van der Waals surface area contributed by atoms with E-state index in [9.17, 15) is 4.79 Å². The molecular weight excluding hydrogens is 220 g/mol. The standard InChI is InChI=1S/C12H14N2O3/c15-12(16)10-5-3-6-11(14-10)13-8-9-4-1-2-7-17-9/h2-3,5-7,9H,1,4,8H2,(H,13,14)(H,15,16). The maximum atomic E-state index is 10.7. The topological polar surface area (TPSA) is 71.5 Å². The first-order chi connectivity index (χ1) is 8.25. The van der Waals surface area contributed by atoms with Crippen molar-refractivity contribution in [2.24, 2.45) is 0 Å². The fourth-order valence-corrected chi connectivity index (χ4v) is 1.61. The van der Waals surface area contributed by atoms with Gasteiger partial charge in [0.15, 0.2) is 5.69 Å². The number of carboxylic acids is 1. The summed E-state index contributed by atoms with van der Waals surface area (Å²) in [6, 6.07) is 4.87. The number of nitrogens with one attached hydrogen (secondary N) is 1. The Morgan fingerprint density at radius 1 is 1.59 bits per heavy atom. The minimum absolute atomic E-state index is 0.0412. The highest BCUT2D eigenvalue weighted by molar-refractivity contribution is 5.85. The molecule has 1 unspecified atom stereocenters. The van der Waals surface area contributed by atoms with Crippen LogP contribution < -0.4 is 5.32 Å². The number of anilines is 1. The molecule has 1 aromatic heterocycles. The van der Waals surface area contributed by atoms with Gasteiger partial charge in [0.05, 0.1) is 12.8 Å². The second-order valence-electron chi connectivity index (χ2n) is 3.80. The summed E-state index contributed by atoms with van der Waals surface area (Å²) in [5, 5.41) is 11.9. The van der Waals surface area contributed by atoms with Crippen LogP contribution in [-0.4, -0.2) is 28.7 Å². The molecule has 5 nitrogen and oxygen atoms in total. The molecule has 90 valence electrons. The zero-order valence-corrected chi connectivity index (χ0v) is 9.30. The first-order valence-electron chi connectivity index (χ1n) is 5.50. The number of hydrogen-bond acceptors (Lipinski definition) is 4. The molecule has 0 aromatic carbocycles. The average molecular weight is 234 g/mol. The molecule has 1 aliphatic heterocycles. The number of pyridine rings is 1. The molecule has 0 spiro atoms. The molecule has 1 aromatic rings. The van der Waals surface area contributed by atoms with Crippen LogP contribution in [-0.2, 0) is 4.74 Å². The van der Waals surface area contributed by atoms with Crippen LogP contribution in [0.1, 0.15) is 23.3 Å². The first-order valence-corrected chi connectivity index (χ1v) is 5.50. The minimum atomic E-state index is -1.02. The Morgan fingerprint density at radius 3 is 3.18 bits per heavy atom. The van der Waals surface area contributed by atoms with Crippen LogP contribution in [0.25, 0.3) is 0 Å². The number of rotatable bonds is 4. The second-order valence-corrected chi connectivity index (χ2v) is 3.80. The van der Waals surface area contributed by atoms with Gasteiger partial charge in [-0.25, -0.2) is 9.78 Å². The van der Waals surface area contributed by atoms with Crippen LogP contribution in [0.5, 0.6) is 0 Å². The van der Waals surface area contributed by atoms with Gasteiger partial charge in [-0.1, -0.05) is 6.07 Å². The van der Waals surface area contributed by atoms with E-state index < -0.39 is 5.97 Å². The summed E-state index contributed by atoms with van der Waals surface area (Å²) in [7, 11) is 0. The zero-order valence-electron chi connectivity index (χ0n) is 9.30. The van der Waals surface area contributed by atoms with E-state index in [4.69, 9.17) is 9.84 Å². The van der Waals surface area contributed by atoms with Gasteiger partial charge in [-0.05, 0) is 31.1 Å². The van der Waals surface area contributed by atoms with Crippen LogP contribution in [0.15, 0.2) is 30.5 Å². The van der Waals surface area contributed by atoms with Crippen LogP contribution in [0, 0.1) is 0 Å². The van der Waals surface area contributed by atoms with Crippen LogP contribution >= 0.6 is 0 Å². The molecule has 0 saturated carbocycles. The van der Waals surface area contributed by atoms with Gasteiger partial charge in [-0.15, -0.1) is 0 Å². The molecule has 2 rings (SSSR count). The number of carbonyl (C=O) groups is 1. The summed E-state index contributed by atoms with van der Waals surface area (Å²) in [5.74, 6) is -0.464. The van der Waals surface area contributed by atoms with Gasteiger partial charge >= 0.3 is 5.97 Å². The third-order valence-corrected chi connectivity index (χ3v) is 2.50. The number of nitrogens with zero attached hydrogens (tertiary/aromatic N) is 1. The van der Waals surface area contributed by atoms with Crippen molar-refractivity contribution in [1.82, 2.24) is 4.98 Å². The quantitative estimate of drug-likeness (QED) is 0.832. The highest BCUT2D eigenvalue weighted by atomic mass is 16.5. The lowest BCUT2D eigenvalue weighted by Gasteiger charge is -2.19. The average Bonchev–Trinajstić information content (AvgIpc) is 2.38. The van der Waals surface area contributed by atoms with Gasteiger partial charge < -0.3 is 15.2 Å². The summed E-state index contributed by atoms with van der Waals surface area (Å²) < 4.78 is 5.39. The normalized spacial score (nSPS) is 18.5. The summed E-state index contributed by atoms with van der Waals surface area (Å²) >= 11 is 0. The van der Waals surface area contributed by atoms with E-state index in [0.29, 0.717) is 12.4 Å². The molecule has 0 saturated heterocycles. The van der Waals surface area contributed by atoms with Crippen molar-refractivity contribution >= 4 is 11.8 Å². The summed E-state index contributed by atoms with van der Waals surface area (Å²) in [6.07, 6.45) is 5.78. The Morgan fingerprint density at radius 2 is 2.47 bits per heavy atom. The van der Waals surface area contributed by atoms with Crippen molar-refractivity contribution in [2.75, 3.05) is 11.9 Å². The van der Waals surface area contributed by atoms with Gasteiger partial charge in [-0.2, -0.15) is 0 Å². The molecule has 1 atom stereocenters. The number of aromatic carboxylic acids is 1. The third kappa shape index (κ3) is 3.21. The highest BCUT2D eigenvalue weighted by Crippen LogP contribution is 2.11. The molecule has 0 amide bonds. The van der Waals surface area contributed by atoms with E-state index in [0.717, 1.165) is 12.8 Å². The van der Waals surface area contributed by atoms with Gasteiger partial charge in [0.1, 0.15) is 11.9 Å². The maximum absolute atomic E-state index is 10.7. The van der Waals surface area contributed by atoms with Crippen molar-refractivity contribution in [3.8, 4) is 0 Å². The number of hydrogen-bond donors (Lipinski definition) is 2. The van der Waals surface area contributed by atoms with Crippen molar-refractivity contribution in [1.29, 1.82) is 0 Å². The predicted octanol–water partition coefficient (Wildman–Crippen LogP) is 1.88. The summed E-state index contributed by atoms with van der Waals surface area (Å²) in [4.78, 5) is 14.7. The largest absolute Gasteiger partial charge is 0.497 e. The number of carboxylic acid groups (broad SMARTS) is 1. The Hall–Kier alpha value is -2.04. The molecule has 0 radical (unpaired) electrons. The van der Waals surface area contributed by atoms with Crippen LogP contribution in [0.4, 0.5) is 5.82 Å². The van der Waals surface area contributed by atoms with Gasteiger partial charge in [0.2, 0.25) is 0 Å². The number of allylic oxidation sites excluding steroid dienone is 1. The lowest BCUT2D eigenvalue weighted by atomic mass is 10.1. The lowest BCUT2D eigenvalue weighted by Crippen LogP contribution is -2.23. The maximum Gasteiger partial charge on any atom is 0.354 e. The molecule has 1 aliphatic rings. The van der Waals surface area contributed by atoms with E-state index in [1.165, 1.54) is 6.07 Å². The number of aromatic nitrogens is 1. The van der Waals surface area contributed by atoms with Crippen molar-refractivity contribution in [3.63, 3.8) is 0 Å². The smallest absolute Gasteiger partial charge is 0.354 e. The van der Waals surface area contributed by atoms with E-state index >= 15 is 0 Å².